The highest BCUT2D eigenvalue weighted by atomic mass is 32.2. The Morgan fingerprint density at radius 1 is 1.00 bits per heavy atom. The van der Waals surface area contributed by atoms with Crippen molar-refractivity contribution >= 4 is 15.8 Å². The lowest BCUT2D eigenvalue weighted by molar-refractivity contribution is -0.150. The fourth-order valence-electron chi connectivity index (χ4n) is 4.94. The molecule has 0 bridgehead atoms. The highest BCUT2D eigenvalue weighted by Gasteiger charge is 2.33. The molecular weight excluding hydrogens is 528 g/mol. The van der Waals surface area contributed by atoms with Gasteiger partial charge in [-0.3, -0.25) is 4.79 Å². The number of rotatable bonds is 13. The van der Waals surface area contributed by atoms with Crippen molar-refractivity contribution in [3.05, 3.63) is 84.1 Å². The Bertz CT molecular complexity index is 1320. The van der Waals surface area contributed by atoms with Crippen LogP contribution in [0.5, 0.6) is 5.75 Å². The number of benzene rings is 2. The molecule has 0 spiro atoms. The first-order valence-corrected chi connectivity index (χ1v) is 15.3. The number of hydrogen-bond acceptors (Lipinski definition) is 8. The van der Waals surface area contributed by atoms with Gasteiger partial charge in [-0.2, -0.15) is 0 Å². The van der Waals surface area contributed by atoms with Crippen LogP contribution < -0.4 is 10.1 Å². The second kappa shape index (κ2) is 14.4. The van der Waals surface area contributed by atoms with E-state index in [1.54, 1.807) is 24.3 Å². The fourth-order valence-corrected chi connectivity index (χ4v) is 6.19. The highest BCUT2D eigenvalue weighted by molar-refractivity contribution is 7.91. The van der Waals surface area contributed by atoms with E-state index in [9.17, 15) is 13.2 Å². The maximum absolute atomic E-state index is 13.3. The molecule has 4 rings (SSSR count). The summed E-state index contributed by atoms with van der Waals surface area (Å²) in [7, 11) is -2.29. The summed E-state index contributed by atoms with van der Waals surface area (Å²) >= 11 is 0. The molecule has 1 fully saturated rings. The zero-order valence-corrected chi connectivity index (χ0v) is 23.9. The largest absolute Gasteiger partial charge is 0.497 e. The number of pyridine rings is 1. The third-order valence-corrected chi connectivity index (χ3v) is 8.86. The lowest BCUT2D eigenvalue weighted by Gasteiger charge is -2.33. The number of aromatic nitrogens is 1. The molecule has 40 heavy (non-hydrogen) atoms. The van der Waals surface area contributed by atoms with E-state index in [0.29, 0.717) is 17.9 Å². The molecule has 1 heterocycles. The standard InChI is InChI=1S/C31H38N2O6S/c1-3-19-38-27-11-9-25(10-12-27)30(31(34)39-22-23-7-5-4-6-8-23)33-21-24-17-18-32-29(20-24)40(35,36)28-15-13-26(37-2)14-16-28/h4-8,13-18,20,25,27,30,33H,3,9-12,19,21-22H2,1-2H3/t25?,27?,30-/m1/s1. The molecule has 9 heteroatoms. The molecule has 3 aromatic rings. The first kappa shape index (κ1) is 29.7. The molecule has 1 atom stereocenters. The predicted molar refractivity (Wildman–Crippen MR) is 152 cm³/mol. The summed E-state index contributed by atoms with van der Waals surface area (Å²) in [5.74, 6) is 0.358. The Balaban J connectivity index is 1.46. The van der Waals surface area contributed by atoms with Crippen molar-refractivity contribution in [3.63, 3.8) is 0 Å². The third kappa shape index (κ3) is 7.90. The average molecular weight is 567 g/mol. The second-order valence-corrected chi connectivity index (χ2v) is 11.9. The van der Waals surface area contributed by atoms with Crippen LogP contribution in [0.15, 0.2) is 82.8 Å². The van der Waals surface area contributed by atoms with Crippen LogP contribution in [-0.4, -0.2) is 45.2 Å². The number of carbonyl (C=O) groups is 1. The minimum Gasteiger partial charge on any atom is -0.497 e. The molecule has 0 amide bonds. The van der Waals surface area contributed by atoms with E-state index < -0.39 is 15.9 Å². The van der Waals surface area contributed by atoms with Crippen LogP contribution in [-0.2, 0) is 37.3 Å². The molecule has 1 aliphatic carbocycles. The number of esters is 1. The van der Waals surface area contributed by atoms with Gasteiger partial charge in [-0.25, -0.2) is 13.4 Å². The summed E-state index contributed by atoms with van der Waals surface area (Å²) < 4.78 is 43.2. The molecule has 1 aromatic heterocycles. The SMILES string of the molecule is CCCOC1CCC([C@@H](NCc2ccnc(S(=O)(=O)c3ccc(OC)cc3)c2)C(=O)OCc2ccccc2)CC1. The maximum atomic E-state index is 13.3. The molecule has 1 saturated carbocycles. The number of carbonyl (C=O) groups excluding carboxylic acids is 1. The monoisotopic (exact) mass is 566 g/mol. The van der Waals surface area contributed by atoms with Gasteiger partial charge in [0.2, 0.25) is 9.84 Å². The molecule has 214 valence electrons. The van der Waals surface area contributed by atoms with Crippen molar-refractivity contribution in [2.24, 2.45) is 5.92 Å². The lowest BCUT2D eigenvalue weighted by atomic mass is 9.82. The summed E-state index contributed by atoms with van der Waals surface area (Å²) in [6.07, 6.45) is 6.18. The summed E-state index contributed by atoms with van der Waals surface area (Å²) in [4.78, 5) is 17.6. The Hall–Kier alpha value is -3.27. The van der Waals surface area contributed by atoms with E-state index in [1.807, 2.05) is 30.3 Å². The van der Waals surface area contributed by atoms with Gasteiger partial charge >= 0.3 is 5.97 Å². The van der Waals surface area contributed by atoms with Crippen LogP contribution in [0.1, 0.15) is 50.2 Å². The topological polar surface area (TPSA) is 104 Å². The molecule has 0 radical (unpaired) electrons. The van der Waals surface area contributed by atoms with Crippen LogP contribution in [0.2, 0.25) is 0 Å². The van der Waals surface area contributed by atoms with Crippen LogP contribution >= 0.6 is 0 Å². The first-order chi connectivity index (χ1) is 19.4. The van der Waals surface area contributed by atoms with Crippen molar-refractivity contribution < 1.29 is 27.4 Å². The number of methoxy groups -OCH3 is 1. The summed E-state index contributed by atoms with van der Waals surface area (Å²) in [5.41, 5.74) is 1.64. The van der Waals surface area contributed by atoms with Gasteiger partial charge in [-0.15, -0.1) is 0 Å². The Labute approximate surface area is 237 Å². The maximum Gasteiger partial charge on any atom is 0.323 e. The minimum absolute atomic E-state index is 0.0475. The zero-order chi connectivity index (χ0) is 28.4. The van der Waals surface area contributed by atoms with Crippen LogP contribution in [0.3, 0.4) is 0 Å². The summed E-state index contributed by atoms with van der Waals surface area (Å²) in [6, 6.07) is 18.6. The number of hydrogen-bond donors (Lipinski definition) is 1. The molecule has 0 saturated heterocycles. The highest BCUT2D eigenvalue weighted by Crippen LogP contribution is 2.30. The number of nitrogens with one attached hydrogen (secondary N) is 1. The Kier molecular flexibility index (Phi) is 10.7. The zero-order valence-electron chi connectivity index (χ0n) is 23.1. The first-order valence-electron chi connectivity index (χ1n) is 13.8. The molecule has 2 aromatic carbocycles. The van der Waals surface area contributed by atoms with Gasteiger partial charge in [0, 0.05) is 19.3 Å². The number of nitrogens with zero attached hydrogens (tertiary/aromatic N) is 1. The van der Waals surface area contributed by atoms with E-state index >= 15 is 0 Å². The molecule has 1 aliphatic rings. The van der Waals surface area contributed by atoms with Crippen LogP contribution in [0.4, 0.5) is 0 Å². The molecule has 0 unspecified atom stereocenters. The smallest absolute Gasteiger partial charge is 0.323 e. The fraction of sp³-hybridized carbons (Fsp3) is 0.419. The van der Waals surface area contributed by atoms with Crippen LogP contribution in [0.25, 0.3) is 0 Å². The van der Waals surface area contributed by atoms with Gasteiger partial charge in [0.15, 0.2) is 5.03 Å². The van der Waals surface area contributed by atoms with Gasteiger partial charge in [0.1, 0.15) is 18.4 Å². The average Bonchev–Trinajstić information content (AvgIpc) is 3.00. The van der Waals surface area contributed by atoms with Gasteiger partial charge in [-0.1, -0.05) is 37.3 Å². The summed E-state index contributed by atoms with van der Waals surface area (Å²) in [5, 5.41) is 3.33. The third-order valence-electron chi connectivity index (χ3n) is 7.20. The van der Waals surface area contributed by atoms with E-state index in [1.165, 1.54) is 25.4 Å². The molecular formula is C31H38N2O6S. The Morgan fingerprint density at radius 3 is 2.40 bits per heavy atom. The lowest BCUT2D eigenvalue weighted by Crippen LogP contribution is -2.45. The van der Waals surface area contributed by atoms with E-state index in [0.717, 1.165) is 44.3 Å². The van der Waals surface area contributed by atoms with E-state index in [-0.39, 0.29) is 34.5 Å². The minimum atomic E-state index is -3.81. The second-order valence-electron chi connectivity index (χ2n) is 10.0. The van der Waals surface area contributed by atoms with Gasteiger partial charge in [0.25, 0.3) is 0 Å². The van der Waals surface area contributed by atoms with Crippen LogP contribution in [0, 0.1) is 5.92 Å². The van der Waals surface area contributed by atoms with Crippen molar-refractivity contribution in [2.75, 3.05) is 13.7 Å². The molecule has 8 nitrogen and oxygen atoms in total. The van der Waals surface area contributed by atoms with Crippen molar-refractivity contribution in [1.29, 1.82) is 0 Å². The quantitative estimate of drug-likeness (QED) is 0.285. The van der Waals surface area contributed by atoms with E-state index in [4.69, 9.17) is 14.2 Å². The summed E-state index contributed by atoms with van der Waals surface area (Å²) in [6.45, 7) is 3.35. The van der Waals surface area contributed by atoms with E-state index in [2.05, 4.69) is 17.2 Å². The van der Waals surface area contributed by atoms with Gasteiger partial charge in [0.05, 0.1) is 18.1 Å². The van der Waals surface area contributed by atoms with Crippen molar-refractivity contribution in [1.82, 2.24) is 10.3 Å². The molecule has 0 aliphatic heterocycles. The number of sulfone groups is 1. The number of ether oxygens (including phenoxy) is 3. The van der Waals surface area contributed by atoms with Gasteiger partial charge < -0.3 is 19.5 Å². The van der Waals surface area contributed by atoms with Gasteiger partial charge in [-0.05, 0) is 85.5 Å². The Morgan fingerprint density at radius 2 is 1.73 bits per heavy atom. The molecule has 1 N–H and O–H groups in total. The predicted octanol–water partition coefficient (Wildman–Crippen LogP) is 5.11. The normalized spacial score (nSPS) is 18.1. The van der Waals surface area contributed by atoms with Crippen molar-refractivity contribution in [2.45, 2.75) is 74.2 Å². The van der Waals surface area contributed by atoms with Crippen molar-refractivity contribution in [3.8, 4) is 5.75 Å².